The third-order valence-electron chi connectivity index (χ3n) is 3.29. The summed E-state index contributed by atoms with van der Waals surface area (Å²) < 4.78 is 28.9. The van der Waals surface area contributed by atoms with E-state index in [9.17, 15) is 13.2 Å². The average Bonchev–Trinajstić information content (AvgIpc) is 3.10. The highest BCUT2D eigenvalue weighted by atomic mass is 79.9. The van der Waals surface area contributed by atoms with Crippen LogP contribution >= 0.6 is 27.7 Å². The molecule has 0 saturated carbocycles. The van der Waals surface area contributed by atoms with Gasteiger partial charge in [0.25, 0.3) is 5.22 Å². The number of nitrogens with two attached hydrogens (primary N) is 1. The number of amides is 1. The van der Waals surface area contributed by atoms with Crippen LogP contribution in [-0.2, 0) is 14.8 Å². The van der Waals surface area contributed by atoms with Gasteiger partial charge in [0.2, 0.25) is 21.8 Å². The number of anilines is 1. The molecule has 0 saturated heterocycles. The van der Waals surface area contributed by atoms with Gasteiger partial charge < -0.3 is 9.73 Å². The predicted molar refractivity (Wildman–Crippen MR) is 105 cm³/mol. The number of hydrogen-bond acceptors (Lipinski definition) is 7. The standard InChI is InChI=1S/C16H13BrN4O4S2/c17-11-3-5-12(6-4-11)19-14(22)9-26-16-21-20-15(25-16)10-1-7-13(8-2-10)27(18,23)24/h1-8H,9H2,(H,19,22)(H2,18,23,24). The number of primary sulfonamides is 1. The summed E-state index contributed by atoms with van der Waals surface area (Å²) >= 11 is 4.42. The van der Waals surface area contributed by atoms with Crippen LogP contribution in [0.2, 0.25) is 0 Å². The van der Waals surface area contributed by atoms with Gasteiger partial charge in [-0.15, -0.1) is 10.2 Å². The number of halogens is 1. The van der Waals surface area contributed by atoms with Crippen LogP contribution in [-0.4, -0.2) is 30.3 Å². The maximum Gasteiger partial charge on any atom is 0.277 e. The SMILES string of the molecule is NS(=O)(=O)c1ccc(-c2nnc(SCC(=O)Nc3ccc(Br)cc3)o2)cc1. The zero-order valence-corrected chi connectivity index (χ0v) is 16.8. The van der Waals surface area contributed by atoms with Crippen LogP contribution in [0, 0.1) is 0 Å². The Morgan fingerprint density at radius 3 is 2.41 bits per heavy atom. The summed E-state index contributed by atoms with van der Waals surface area (Å²) in [6.07, 6.45) is 0. The molecule has 140 valence electrons. The zero-order chi connectivity index (χ0) is 19.4. The second kappa shape index (κ2) is 8.21. The van der Waals surface area contributed by atoms with Crippen LogP contribution < -0.4 is 10.5 Å². The van der Waals surface area contributed by atoms with Crippen molar-refractivity contribution >= 4 is 49.3 Å². The van der Waals surface area contributed by atoms with Gasteiger partial charge in [-0.2, -0.15) is 0 Å². The predicted octanol–water partition coefficient (Wildman–Crippen LogP) is 2.88. The van der Waals surface area contributed by atoms with E-state index in [2.05, 4.69) is 31.4 Å². The fraction of sp³-hybridized carbons (Fsp3) is 0.0625. The number of aromatic nitrogens is 2. The van der Waals surface area contributed by atoms with Gasteiger partial charge in [-0.1, -0.05) is 27.7 Å². The van der Waals surface area contributed by atoms with Crippen LogP contribution in [0.25, 0.3) is 11.5 Å². The fourth-order valence-electron chi connectivity index (χ4n) is 2.03. The van der Waals surface area contributed by atoms with E-state index >= 15 is 0 Å². The van der Waals surface area contributed by atoms with Gasteiger partial charge in [-0.3, -0.25) is 4.79 Å². The number of thioether (sulfide) groups is 1. The molecule has 3 N–H and O–H groups in total. The third-order valence-corrected chi connectivity index (χ3v) is 5.57. The van der Waals surface area contributed by atoms with Crippen molar-refractivity contribution in [3.05, 3.63) is 53.0 Å². The van der Waals surface area contributed by atoms with E-state index in [4.69, 9.17) is 9.56 Å². The molecule has 27 heavy (non-hydrogen) atoms. The zero-order valence-electron chi connectivity index (χ0n) is 13.6. The summed E-state index contributed by atoms with van der Waals surface area (Å²) in [4.78, 5) is 12.0. The van der Waals surface area contributed by atoms with Gasteiger partial charge in [-0.05, 0) is 48.5 Å². The third kappa shape index (κ3) is 5.39. The highest BCUT2D eigenvalue weighted by Crippen LogP contribution is 2.24. The number of nitrogens with one attached hydrogen (secondary N) is 1. The van der Waals surface area contributed by atoms with E-state index in [1.165, 1.54) is 24.3 Å². The Kier molecular flexibility index (Phi) is 5.95. The normalized spacial score (nSPS) is 11.3. The van der Waals surface area contributed by atoms with E-state index < -0.39 is 10.0 Å². The van der Waals surface area contributed by atoms with E-state index in [1.807, 2.05) is 12.1 Å². The Labute approximate surface area is 167 Å². The molecular formula is C16H13BrN4O4S2. The molecule has 0 atom stereocenters. The average molecular weight is 469 g/mol. The van der Waals surface area contributed by atoms with Crippen molar-refractivity contribution in [2.45, 2.75) is 10.1 Å². The molecule has 8 nitrogen and oxygen atoms in total. The molecule has 0 radical (unpaired) electrons. The molecule has 3 rings (SSSR count). The first-order valence-corrected chi connectivity index (χ1v) is 10.8. The topological polar surface area (TPSA) is 128 Å². The maximum absolute atomic E-state index is 12.0. The van der Waals surface area contributed by atoms with Crippen LogP contribution in [0.4, 0.5) is 5.69 Å². The first-order chi connectivity index (χ1) is 12.8. The lowest BCUT2D eigenvalue weighted by Crippen LogP contribution is -2.13. The van der Waals surface area contributed by atoms with Crippen LogP contribution in [0.5, 0.6) is 0 Å². The Bertz CT molecular complexity index is 1050. The summed E-state index contributed by atoms with van der Waals surface area (Å²) in [7, 11) is -3.76. The number of carbonyl (C=O) groups excluding carboxylic acids is 1. The highest BCUT2D eigenvalue weighted by molar-refractivity contribution is 9.10. The van der Waals surface area contributed by atoms with E-state index in [0.29, 0.717) is 11.3 Å². The van der Waals surface area contributed by atoms with Gasteiger partial charge in [0.05, 0.1) is 10.6 Å². The smallest absolute Gasteiger partial charge is 0.277 e. The number of carbonyl (C=O) groups is 1. The molecule has 2 aromatic carbocycles. The van der Waals surface area contributed by atoms with Crippen molar-refractivity contribution in [2.75, 3.05) is 11.1 Å². The first kappa shape index (κ1) is 19.5. The lowest BCUT2D eigenvalue weighted by molar-refractivity contribution is -0.113. The number of rotatable bonds is 6. The highest BCUT2D eigenvalue weighted by Gasteiger charge is 2.13. The Balaban J connectivity index is 1.59. The molecule has 0 spiro atoms. The number of sulfonamides is 1. The van der Waals surface area contributed by atoms with Crippen molar-refractivity contribution < 1.29 is 17.6 Å². The lowest BCUT2D eigenvalue weighted by Gasteiger charge is -2.03. The van der Waals surface area contributed by atoms with Crippen molar-refractivity contribution in [2.24, 2.45) is 5.14 Å². The number of nitrogens with zero attached hydrogens (tertiary/aromatic N) is 2. The minimum absolute atomic E-state index is 0.00928. The van der Waals surface area contributed by atoms with E-state index in [1.54, 1.807) is 12.1 Å². The van der Waals surface area contributed by atoms with Crippen LogP contribution in [0.1, 0.15) is 0 Å². The van der Waals surface area contributed by atoms with E-state index in [0.717, 1.165) is 16.2 Å². The van der Waals surface area contributed by atoms with Gasteiger partial charge in [0, 0.05) is 15.7 Å². The number of benzene rings is 2. The number of hydrogen-bond donors (Lipinski definition) is 2. The molecule has 0 fully saturated rings. The minimum atomic E-state index is -3.76. The van der Waals surface area contributed by atoms with E-state index in [-0.39, 0.29) is 27.7 Å². The molecule has 1 amide bonds. The quantitative estimate of drug-likeness (QED) is 0.532. The maximum atomic E-state index is 12.0. The summed E-state index contributed by atoms with van der Waals surface area (Å²) in [6.45, 7) is 0. The van der Waals surface area contributed by atoms with Crippen molar-refractivity contribution in [3.63, 3.8) is 0 Å². The second-order valence-corrected chi connectivity index (χ2v) is 8.69. The minimum Gasteiger partial charge on any atom is -0.411 e. The first-order valence-electron chi connectivity index (χ1n) is 7.46. The summed E-state index contributed by atoms with van der Waals surface area (Å²) in [5, 5.41) is 15.8. The molecule has 1 aromatic heterocycles. The van der Waals surface area contributed by atoms with Crippen molar-refractivity contribution in [1.82, 2.24) is 10.2 Å². The Morgan fingerprint density at radius 2 is 1.78 bits per heavy atom. The Hall–Kier alpha value is -2.21. The molecule has 0 aliphatic heterocycles. The fourth-order valence-corrected chi connectivity index (χ4v) is 3.37. The molecule has 1 heterocycles. The molecule has 0 aliphatic carbocycles. The molecule has 0 unspecified atom stereocenters. The van der Waals surface area contributed by atoms with Crippen LogP contribution in [0.15, 0.2) is 67.5 Å². The molecule has 0 aliphatic rings. The summed E-state index contributed by atoms with van der Waals surface area (Å²) in [5.41, 5.74) is 1.23. The van der Waals surface area contributed by atoms with Crippen molar-refractivity contribution in [1.29, 1.82) is 0 Å². The molecule has 3 aromatic rings. The van der Waals surface area contributed by atoms with Gasteiger partial charge in [0.15, 0.2) is 0 Å². The summed E-state index contributed by atoms with van der Waals surface area (Å²) in [6, 6.07) is 13.0. The van der Waals surface area contributed by atoms with Gasteiger partial charge in [-0.25, -0.2) is 13.6 Å². The van der Waals surface area contributed by atoms with Crippen LogP contribution in [0.3, 0.4) is 0 Å². The van der Waals surface area contributed by atoms with Gasteiger partial charge >= 0.3 is 0 Å². The largest absolute Gasteiger partial charge is 0.411 e. The molecule has 0 bridgehead atoms. The lowest BCUT2D eigenvalue weighted by atomic mass is 10.2. The summed E-state index contributed by atoms with van der Waals surface area (Å²) in [5.74, 6) is 0.105. The van der Waals surface area contributed by atoms with Crippen molar-refractivity contribution in [3.8, 4) is 11.5 Å². The monoisotopic (exact) mass is 468 g/mol. The molecular weight excluding hydrogens is 456 g/mol. The molecule has 11 heteroatoms. The Morgan fingerprint density at radius 1 is 1.11 bits per heavy atom. The van der Waals surface area contributed by atoms with Gasteiger partial charge in [0.1, 0.15) is 0 Å². The second-order valence-electron chi connectivity index (χ2n) is 5.29.